The van der Waals surface area contributed by atoms with Crippen molar-refractivity contribution in [2.75, 3.05) is 14.1 Å². The van der Waals surface area contributed by atoms with E-state index in [1.807, 2.05) is 0 Å². The first-order valence-corrected chi connectivity index (χ1v) is 2.18. The number of nitrogens with zero attached hydrogens (tertiary/aromatic N) is 2. The predicted molar refractivity (Wildman–Crippen MR) is 31.4 cm³/mol. The molecule has 0 spiro atoms. The molecule has 0 heterocycles. The molecule has 0 fully saturated rings. The van der Waals surface area contributed by atoms with Gasteiger partial charge in [-0.2, -0.15) is 5.10 Å². The summed E-state index contributed by atoms with van der Waals surface area (Å²) in [5.41, 5.74) is 2.50. The summed E-state index contributed by atoms with van der Waals surface area (Å²) in [6.07, 6.45) is 2.05. The van der Waals surface area contributed by atoms with Gasteiger partial charge in [0.05, 0.1) is 0 Å². The van der Waals surface area contributed by atoms with E-state index in [1.54, 1.807) is 14.1 Å². The molecule has 0 aromatic heterocycles. The number of nitrogens with one attached hydrogen (secondary N) is 1. The summed E-state index contributed by atoms with van der Waals surface area (Å²) >= 11 is 0. The van der Waals surface area contributed by atoms with Crippen molar-refractivity contribution >= 4 is 12.7 Å². The number of carbonyl (C=O) groups excluding carboxylic acids is 1. The maximum absolute atomic E-state index is 9.82. The van der Waals surface area contributed by atoms with Gasteiger partial charge in [0, 0.05) is 14.1 Å². The Morgan fingerprint density at radius 2 is 2.38 bits per heavy atom. The van der Waals surface area contributed by atoms with Gasteiger partial charge in [0.1, 0.15) is 6.34 Å². The molecule has 0 aromatic rings. The van der Waals surface area contributed by atoms with Crippen LogP contribution < -0.4 is 5.43 Å². The molecular weight excluding hydrogens is 106 g/mol. The lowest BCUT2D eigenvalue weighted by molar-refractivity contribution is -0.113. The number of hydrogen-bond acceptors (Lipinski definition) is 3. The SMILES string of the molecule is CN/N=C\N(C)C=O. The highest BCUT2D eigenvalue weighted by atomic mass is 16.1. The van der Waals surface area contributed by atoms with Crippen LogP contribution in [0.2, 0.25) is 0 Å². The molecule has 0 bridgehead atoms. The zero-order valence-corrected chi connectivity index (χ0v) is 4.96. The van der Waals surface area contributed by atoms with Crippen molar-refractivity contribution in [1.29, 1.82) is 0 Å². The van der Waals surface area contributed by atoms with E-state index in [4.69, 9.17) is 0 Å². The van der Waals surface area contributed by atoms with Crippen LogP contribution in [0.5, 0.6) is 0 Å². The highest BCUT2D eigenvalue weighted by Gasteiger charge is 1.79. The Morgan fingerprint density at radius 3 is 2.75 bits per heavy atom. The van der Waals surface area contributed by atoms with Crippen LogP contribution in [0.1, 0.15) is 0 Å². The summed E-state index contributed by atoms with van der Waals surface area (Å²) < 4.78 is 0. The Kier molecular flexibility index (Phi) is 3.56. The monoisotopic (exact) mass is 115 g/mol. The molecule has 0 atom stereocenters. The maximum Gasteiger partial charge on any atom is 0.214 e. The van der Waals surface area contributed by atoms with E-state index in [9.17, 15) is 4.79 Å². The second kappa shape index (κ2) is 4.11. The quantitative estimate of drug-likeness (QED) is 0.227. The van der Waals surface area contributed by atoms with Crippen LogP contribution in [0.15, 0.2) is 5.10 Å². The van der Waals surface area contributed by atoms with Crippen LogP contribution in [-0.2, 0) is 4.79 Å². The summed E-state index contributed by atoms with van der Waals surface area (Å²) in [4.78, 5) is 11.1. The zero-order chi connectivity index (χ0) is 6.41. The fourth-order valence-electron chi connectivity index (χ4n) is 0.176. The van der Waals surface area contributed by atoms with Gasteiger partial charge in [-0.3, -0.25) is 4.79 Å². The van der Waals surface area contributed by atoms with Gasteiger partial charge in [-0.1, -0.05) is 0 Å². The Hall–Kier alpha value is -1.06. The summed E-state index contributed by atoms with van der Waals surface area (Å²) in [5.74, 6) is 0. The van der Waals surface area contributed by atoms with Crippen LogP contribution in [0.25, 0.3) is 0 Å². The largest absolute Gasteiger partial charge is 0.312 e. The van der Waals surface area contributed by atoms with Gasteiger partial charge in [-0.25, -0.2) is 0 Å². The molecule has 4 nitrogen and oxygen atoms in total. The van der Waals surface area contributed by atoms with Crippen molar-refractivity contribution in [3.05, 3.63) is 0 Å². The minimum absolute atomic E-state index is 0.668. The normalized spacial score (nSPS) is 9.25. The van der Waals surface area contributed by atoms with Gasteiger partial charge >= 0.3 is 0 Å². The Morgan fingerprint density at radius 1 is 1.75 bits per heavy atom. The lowest BCUT2D eigenvalue weighted by atomic mass is 10.9. The van der Waals surface area contributed by atoms with Crippen LogP contribution in [0, 0.1) is 0 Å². The second-order valence-electron chi connectivity index (χ2n) is 1.24. The van der Waals surface area contributed by atoms with E-state index in [1.165, 1.54) is 11.2 Å². The topological polar surface area (TPSA) is 44.7 Å². The molecule has 0 aliphatic carbocycles. The fraction of sp³-hybridized carbons (Fsp3) is 0.500. The number of carbonyl (C=O) groups is 1. The van der Waals surface area contributed by atoms with Crippen LogP contribution in [0.4, 0.5) is 0 Å². The molecule has 0 aliphatic heterocycles. The molecular formula is C4H9N3O. The fourth-order valence-corrected chi connectivity index (χ4v) is 0.176. The van der Waals surface area contributed by atoms with Gasteiger partial charge in [0.2, 0.25) is 6.41 Å². The summed E-state index contributed by atoms with van der Waals surface area (Å²) in [6, 6.07) is 0. The highest BCUT2D eigenvalue weighted by Crippen LogP contribution is 1.62. The van der Waals surface area contributed by atoms with Crippen molar-refractivity contribution in [3.63, 3.8) is 0 Å². The van der Waals surface area contributed by atoms with Crippen molar-refractivity contribution < 1.29 is 4.79 Å². The van der Waals surface area contributed by atoms with E-state index in [0.29, 0.717) is 6.41 Å². The number of amides is 1. The third kappa shape index (κ3) is 3.14. The maximum atomic E-state index is 9.82. The summed E-state index contributed by atoms with van der Waals surface area (Å²) in [6.45, 7) is 0. The first-order chi connectivity index (χ1) is 3.81. The van der Waals surface area contributed by atoms with E-state index in [2.05, 4.69) is 10.5 Å². The van der Waals surface area contributed by atoms with E-state index < -0.39 is 0 Å². The number of hydrazone groups is 1. The third-order valence-electron chi connectivity index (χ3n) is 0.535. The van der Waals surface area contributed by atoms with Gasteiger partial charge in [0.15, 0.2) is 0 Å². The molecule has 0 radical (unpaired) electrons. The molecule has 0 saturated heterocycles. The van der Waals surface area contributed by atoms with E-state index >= 15 is 0 Å². The first-order valence-electron chi connectivity index (χ1n) is 2.18. The predicted octanol–water partition coefficient (Wildman–Crippen LogP) is -0.763. The van der Waals surface area contributed by atoms with Crippen LogP contribution in [-0.4, -0.2) is 31.7 Å². The van der Waals surface area contributed by atoms with E-state index in [-0.39, 0.29) is 0 Å². The van der Waals surface area contributed by atoms with Crippen molar-refractivity contribution in [2.45, 2.75) is 0 Å². The number of rotatable bonds is 3. The molecule has 4 heteroatoms. The average molecular weight is 115 g/mol. The summed E-state index contributed by atoms with van der Waals surface area (Å²) in [7, 11) is 3.27. The molecule has 0 saturated carbocycles. The van der Waals surface area contributed by atoms with Crippen molar-refractivity contribution in [3.8, 4) is 0 Å². The van der Waals surface area contributed by atoms with E-state index in [0.717, 1.165) is 0 Å². The minimum Gasteiger partial charge on any atom is -0.312 e. The standard InChI is InChI=1S/C4H9N3O/c1-5-6-3-7(2)4-8/h3-5H,1-2H3/b6-3-. The first kappa shape index (κ1) is 6.94. The molecule has 0 rings (SSSR count). The van der Waals surface area contributed by atoms with Gasteiger partial charge in [-0.05, 0) is 0 Å². The smallest absolute Gasteiger partial charge is 0.214 e. The molecule has 8 heavy (non-hydrogen) atoms. The molecule has 0 aromatic carbocycles. The molecule has 1 amide bonds. The Bertz CT molecular complexity index is 91.3. The highest BCUT2D eigenvalue weighted by molar-refractivity contribution is 5.71. The summed E-state index contributed by atoms with van der Waals surface area (Å²) in [5, 5.41) is 3.56. The number of hydrogen-bond donors (Lipinski definition) is 1. The van der Waals surface area contributed by atoms with Crippen LogP contribution >= 0.6 is 0 Å². The second-order valence-corrected chi connectivity index (χ2v) is 1.24. The lowest BCUT2D eigenvalue weighted by Gasteiger charge is -1.98. The van der Waals surface area contributed by atoms with Crippen molar-refractivity contribution in [2.24, 2.45) is 5.10 Å². The van der Waals surface area contributed by atoms with Gasteiger partial charge in [0.25, 0.3) is 0 Å². The van der Waals surface area contributed by atoms with Crippen LogP contribution in [0.3, 0.4) is 0 Å². The minimum atomic E-state index is 0.668. The van der Waals surface area contributed by atoms with Gasteiger partial charge in [-0.15, -0.1) is 0 Å². The molecule has 46 valence electrons. The third-order valence-corrected chi connectivity index (χ3v) is 0.535. The Balaban J connectivity index is 3.35. The molecule has 0 unspecified atom stereocenters. The molecule has 1 N–H and O–H groups in total. The van der Waals surface area contributed by atoms with Gasteiger partial charge < -0.3 is 10.3 Å². The Labute approximate surface area is 48.2 Å². The van der Waals surface area contributed by atoms with Crippen molar-refractivity contribution in [1.82, 2.24) is 10.3 Å². The molecule has 0 aliphatic rings. The average Bonchev–Trinajstić information content (AvgIpc) is 1.83. The lowest BCUT2D eigenvalue weighted by Crippen LogP contribution is -2.14. The zero-order valence-electron chi connectivity index (χ0n) is 4.96.